The van der Waals surface area contributed by atoms with Crippen molar-refractivity contribution in [1.82, 2.24) is 19.9 Å². The Labute approximate surface area is 176 Å². The summed E-state index contributed by atoms with van der Waals surface area (Å²) in [5.41, 5.74) is 2.84. The summed E-state index contributed by atoms with van der Waals surface area (Å²) in [7, 11) is 0. The highest BCUT2D eigenvalue weighted by atomic mass is 19.1. The van der Waals surface area contributed by atoms with Gasteiger partial charge in [-0.25, -0.2) is 14.4 Å². The van der Waals surface area contributed by atoms with Gasteiger partial charge in [-0.3, -0.25) is 9.88 Å². The molecule has 3 aromatic rings. The quantitative estimate of drug-likeness (QED) is 0.644. The molecule has 7 heteroatoms. The van der Waals surface area contributed by atoms with E-state index in [-0.39, 0.29) is 11.9 Å². The van der Waals surface area contributed by atoms with Crippen molar-refractivity contribution in [2.24, 2.45) is 0 Å². The van der Waals surface area contributed by atoms with Crippen LogP contribution in [0.5, 0.6) is 0 Å². The van der Waals surface area contributed by atoms with E-state index in [2.05, 4.69) is 27.1 Å². The molecule has 0 bridgehead atoms. The van der Waals surface area contributed by atoms with E-state index >= 15 is 0 Å². The van der Waals surface area contributed by atoms with Crippen LogP contribution in [0, 0.1) is 5.82 Å². The summed E-state index contributed by atoms with van der Waals surface area (Å²) in [5, 5.41) is 3.47. The minimum Gasteiger partial charge on any atom is -0.379 e. The number of hydrogen-bond donors (Lipinski definition) is 1. The molecule has 1 N–H and O–H groups in total. The zero-order valence-corrected chi connectivity index (χ0v) is 17.1. The highest BCUT2D eigenvalue weighted by Crippen LogP contribution is 2.24. The molecule has 0 amide bonds. The maximum Gasteiger partial charge on any atom is 0.161 e. The predicted octanol–water partition coefficient (Wildman–Crippen LogP) is 3.73. The summed E-state index contributed by atoms with van der Waals surface area (Å²) >= 11 is 0. The first-order chi connectivity index (χ1) is 14.7. The van der Waals surface area contributed by atoms with Crippen molar-refractivity contribution in [2.75, 3.05) is 38.2 Å². The van der Waals surface area contributed by atoms with E-state index in [1.165, 1.54) is 6.07 Å². The highest BCUT2D eigenvalue weighted by molar-refractivity contribution is 5.56. The number of morpholine rings is 1. The van der Waals surface area contributed by atoms with Crippen LogP contribution in [0.3, 0.4) is 0 Å². The van der Waals surface area contributed by atoms with Gasteiger partial charge in [-0.15, -0.1) is 0 Å². The second kappa shape index (κ2) is 9.73. The number of pyridine rings is 1. The molecule has 1 saturated heterocycles. The van der Waals surface area contributed by atoms with Crippen LogP contribution in [0.15, 0.2) is 54.9 Å². The van der Waals surface area contributed by atoms with E-state index < -0.39 is 0 Å². The molecule has 1 atom stereocenters. The van der Waals surface area contributed by atoms with Gasteiger partial charge in [0.25, 0.3) is 0 Å². The maximum atomic E-state index is 13.9. The number of rotatable bonds is 7. The molecule has 1 unspecified atom stereocenters. The fourth-order valence-electron chi connectivity index (χ4n) is 3.66. The van der Waals surface area contributed by atoms with E-state index in [0.29, 0.717) is 25.6 Å². The van der Waals surface area contributed by atoms with Crippen LogP contribution < -0.4 is 5.32 Å². The Balaban J connectivity index is 1.58. The van der Waals surface area contributed by atoms with E-state index in [1.807, 2.05) is 24.3 Å². The highest BCUT2D eigenvalue weighted by Gasteiger charge is 2.23. The van der Waals surface area contributed by atoms with E-state index in [9.17, 15) is 4.39 Å². The van der Waals surface area contributed by atoms with Gasteiger partial charge < -0.3 is 10.1 Å². The van der Waals surface area contributed by atoms with Crippen molar-refractivity contribution >= 4 is 5.82 Å². The Kier molecular flexibility index (Phi) is 6.61. The number of ether oxygens (including phenoxy) is 1. The lowest BCUT2D eigenvalue weighted by Gasteiger charge is -2.35. The molecular formula is C23H26FN5O. The number of halogens is 1. The molecular weight excluding hydrogens is 381 g/mol. The van der Waals surface area contributed by atoms with Gasteiger partial charge >= 0.3 is 0 Å². The molecule has 4 rings (SSSR count). The van der Waals surface area contributed by atoms with Gasteiger partial charge in [0.05, 0.1) is 19.3 Å². The second-order valence-corrected chi connectivity index (χ2v) is 7.26. The van der Waals surface area contributed by atoms with Gasteiger partial charge in [-0.05, 0) is 36.2 Å². The van der Waals surface area contributed by atoms with E-state index in [1.54, 1.807) is 24.5 Å². The van der Waals surface area contributed by atoms with Gasteiger partial charge in [0.2, 0.25) is 0 Å². The van der Waals surface area contributed by atoms with Crippen molar-refractivity contribution in [3.8, 4) is 11.4 Å². The Morgan fingerprint density at radius 3 is 2.63 bits per heavy atom. The smallest absolute Gasteiger partial charge is 0.161 e. The largest absolute Gasteiger partial charge is 0.379 e. The van der Waals surface area contributed by atoms with Gasteiger partial charge in [0.15, 0.2) is 5.82 Å². The van der Waals surface area contributed by atoms with Crippen molar-refractivity contribution < 1.29 is 9.13 Å². The molecule has 30 heavy (non-hydrogen) atoms. The molecule has 1 aliphatic rings. The zero-order valence-electron chi connectivity index (χ0n) is 17.1. The van der Waals surface area contributed by atoms with Gasteiger partial charge in [0.1, 0.15) is 11.6 Å². The summed E-state index contributed by atoms with van der Waals surface area (Å²) in [5.74, 6) is 1.22. The molecule has 156 valence electrons. The summed E-state index contributed by atoms with van der Waals surface area (Å²) in [6, 6.07) is 12.6. The third kappa shape index (κ3) is 4.98. The topological polar surface area (TPSA) is 63.2 Å². The number of anilines is 1. The van der Waals surface area contributed by atoms with Crippen molar-refractivity contribution in [1.29, 1.82) is 0 Å². The number of aryl methyl sites for hydroxylation is 1. The van der Waals surface area contributed by atoms with Crippen LogP contribution in [-0.4, -0.2) is 52.7 Å². The normalized spacial score (nSPS) is 15.7. The SMILES string of the molecule is CCc1cc(NCC(c2cccc(F)c2)N2CCOCC2)nc(-c2ccncc2)n1. The molecule has 1 fully saturated rings. The summed E-state index contributed by atoms with van der Waals surface area (Å²) in [6.07, 6.45) is 4.29. The Hall–Kier alpha value is -2.90. The lowest BCUT2D eigenvalue weighted by molar-refractivity contribution is 0.0186. The zero-order chi connectivity index (χ0) is 20.8. The molecule has 0 spiro atoms. The monoisotopic (exact) mass is 407 g/mol. The standard InChI is InChI=1S/C23H26FN5O/c1-2-20-15-22(28-23(27-20)17-6-8-25-9-7-17)26-16-21(29-10-12-30-13-11-29)18-4-3-5-19(24)14-18/h3-9,14-15,21H,2,10-13,16H2,1H3,(H,26,27,28). The molecule has 6 nitrogen and oxygen atoms in total. The van der Waals surface area contributed by atoms with Crippen molar-refractivity contribution in [2.45, 2.75) is 19.4 Å². The number of aromatic nitrogens is 3. The van der Waals surface area contributed by atoms with Crippen LogP contribution in [-0.2, 0) is 11.2 Å². The fraction of sp³-hybridized carbons (Fsp3) is 0.348. The lowest BCUT2D eigenvalue weighted by Crippen LogP contribution is -2.41. The van der Waals surface area contributed by atoms with E-state index in [0.717, 1.165) is 42.1 Å². The maximum absolute atomic E-state index is 13.9. The average Bonchev–Trinajstić information content (AvgIpc) is 2.80. The van der Waals surface area contributed by atoms with Gasteiger partial charge in [-0.1, -0.05) is 19.1 Å². The van der Waals surface area contributed by atoms with Crippen molar-refractivity contribution in [3.05, 3.63) is 71.9 Å². The van der Waals surface area contributed by atoms with Crippen LogP contribution in [0.2, 0.25) is 0 Å². The number of nitrogens with zero attached hydrogens (tertiary/aromatic N) is 4. The van der Waals surface area contributed by atoms with Gasteiger partial charge in [0, 0.05) is 49.4 Å². The second-order valence-electron chi connectivity index (χ2n) is 7.26. The van der Waals surface area contributed by atoms with Crippen molar-refractivity contribution in [3.63, 3.8) is 0 Å². The van der Waals surface area contributed by atoms with Crippen LogP contribution >= 0.6 is 0 Å². The molecule has 0 aliphatic carbocycles. The fourth-order valence-corrected chi connectivity index (χ4v) is 3.66. The lowest BCUT2D eigenvalue weighted by atomic mass is 10.0. The molecule has 0 radical (unpaired) electrons. The Morgan fingerprint density at radius 1 is 1.10 bits per heavy atom. The van der Waals surface area contributed by atoms with Gasteiger partial charge in [-0.2, -0.15) is 0 Å². The molecule has 2 aromatic heterocycles. The summed E-state index contributed by atoms with van der Waals surface area (Å²) in [6.45, 7) is 5.69. The number of benzene rings is 1. The molecule has 1 aliphatic heterocycles. The first-order valence-electron chi connectivity index (χ1n) is 10.3. The first kappa shape index (κ1) is 20.4. The molecule has 3 heterocycles. The van der Waals surface area contributed by atoms with Crippen LogP contribution in [0.25, 0.3) is 11.4 Å². The first-order valence-corrected chi connectivity index (χ1v) is 10.3. The van der Waals surface area contributed by atoms with E-state index in [4.69, 9.17) is 9.72 Å². The molecule has 0 saturated carbocycles. The Bertz CT molecular complexity index is 963. The average molecular weight is 407 g/mol. The number of nitrogens with one attached hydrogen (secondary N) is 1. The van der Waals surface area contributed by atoms with Crippen LogP contribution in [0.4, 0.5) is 10.2 Å². The third-order valence-electron chi connectivity index (χ3n) is 5.28. The summed E-state index contributed by atoms with van der Waals surface area (Å²) in [4.78, 5) is 15.8. The molecule has 1 aromatic carbocycles. The number of hydrogen-bond acceptors (Lipinski definition) is 6. The summed E-state index contributed by atoms with van der Waals surface area (Å²) < 4.78 is 19.4. The predicted molar refractivity (Wildman–Crippen MR) is 115 cm³/mol. The minimum atomic E-state index is -0.221. The van der Waals surface area contributed by atoms with Crippen LogP contribution in [0.1, 0.15) is 24.2 Å². The third-order valence-corrected chi connectivity index (χ3v) is 5.28. The minimum absolute atomic E-state index is 0.0222. The Morgan fingerprint density at radius 2 is 1.90 bits per heavy atom.